The van der Waals surface area contributed by atoms with Crippen LogP contribution < -0.4 is 5.32 Å². The molecule has 0 aliphatic heterocycles. The number of methoxy groups -OCH3 is 1. The Morgan fingerprint density at radius 3 is 2.33 bits per heavy atom. The summed E-state index contributed by atoms with van der Waals surface area (Å²) in [5.74, 6) is -0.274. The fourth-order valence-electron chi connectivity index (χ4n) is 2.02. The molecule has 1 N–H and O–H groups in total. The zero-order valence-corrected chi connectivity index (χ0v) is 15.0. The van der Waals surface area contributed by atoms with Gasteiger partial charge in [0.25, 0.3) is 0 Å². The number of ketones is 1. The van der Waals surface area contributed by atoms with Crippen LogP contribution >= 0.6 is 0 Å². The van der Waals surface area contributed by atoms with E-state index in [-0.39, 0.29) is 12.4 Å². The van der Waals surface area contributed by atoms with Crippen molar-refractivity contribution in [3.8, 4) is 0 Å². The lowest BCUT2D eigenvalue weighted by Gasteiger charge is -2.26. The number of Topliss-reactive ketones (excluding diaryl/α,β-unsaturated/α-hetero) is 1. The van der Waals surface area contributed by atoms with Gasteiger partial charge in [0.05, 0.1) is 12.7 Å². The van der Waals surface area contributed by atoms with Crippen LogP contribution in [-0.4, -0.2) is 43.3 Å². The molecular weight excluding hydrogens is 310 g/mol. The molecule has 6 heteroatoms. The molecule has 24 heavy (non-hydrogen) atoms. The van der Waals surface area contributed by atoms with Gasteiger partial charge in [0, 0.05) is 7.11 Å². The first kappa shape index (κ1) is 20.1. The van der Waals surface area contributed by atoms with Gasteiger partial charge in [-0.05, 0) is 33.3 Å². The van der Waals surface area contributed by atoms with Gasteiger partial charge in [0.2, 0.25) is 0 Å². The number of carbonyl (C=O) groups is 2. The molecule has 0 aliphatic carbocycles. The number of hydrogen-bond donors (Lipinski definition) is 1. The zero-order valence-electron chi connectivity index (χ0n) is 15.0. The Bertz CT molecular complexity index is 524. The second-order valence-electron chi connectivity index (χ2n) is 6.52. The zero-order chi connectivity index (χ0) is 18.2. The molecule has 0 saturated heterocycles. The van der Waals surface area contributed by atoms with E-state index in [1.165, 1.54) is 7.11 Å². The van der Waals surface area contributed by atoms with E-state index < -0.39 is 23.8 Å². The Balaban J connectivity index is 2.69. The molecular formula is C18H27NO5. The second-order valence-corrected chi connectivity index (χ2v) is 6.52. The van der Waals surface area contributed by atoms with E-state index in [4.69, 9.17) is 14.2 Å². The molecule has 2 atom stereocenters. The summed E-state index contributed by atoms with van der Waals surface area (Å²) in [5.41, 5.74) is 0.340. The van der Waals surface area contributed by atoms with Crippen LogP contribution in [-0.2, 0) is 25.6 Å². The minimum absolute atomic E-state index is 0.112. The van der Waals surface area contributed by atoms with E-state index >= 15 is 0 Å². The van der Waals surface area contributed by atoms with Crippen molar-refractivity contribution in [3.63, 3.8) is 0 Å². The largest absolute Gasteiger partial charge is 0.444 e. The Kier molecular flexibility index (Phi) is 7.88. The van der Waals surface area contributed by atoms with Gasteiger partial charge >= 0.3 is 6.09 Å². The fourth-order valence-corrected chi connectivity index (χ4v) is 2.02. The van der Waals surface area contributed by atoms with Gasteiger partial charge < -0.3 is 19.5 Å². The molecule has 134 valence electrons. The third kappa shape index (κ3) is 7.57. The van der Waals surface area contributed by atoms with E-state index in [1.807, 2.05) is 30.3 Å². The smallest absolute Gasteiger partial charge is 0.408 e. The van der Waals surface area contributed by atoms with Crippen molar-refractivity contribution < 1.29 is 23.8 Å². The highest BCUT2D eigenvalue weighted by Crippen LogP contribution is 2.10. The standard InChI is InChI=1S/C18H27NO5/c1-13(23-11-14-9-7-6-8-10-14)16(15(20)12-22-5)19-17(21)24-18(2,3)4/h6-10,13,16H,11-12H2,1-5H3,(H,19,21)/t13-,16+/m0/s1. The number of alkyl carbamates (subject to hydrolysis) is 1. The van der Waals surface area contributed by atoms with Crippen molar-refractivity contribution in [1.82, 2.24) is 5.32 Å². The summed E-state index contributed by atoms with van der Waals surface area (Å²) in [5, 5.41) is 2.58. The average molecular weight is 337 g/mol. The molecule has 1 amide bonds. The predicted molar refractivity (Wildman–Crippen MR) is 90.7 cm³/mol. The minimum Gasteiger partial charge on any atom is -0.444 e. The normalized spacial score (nSPS) is 13.9. The summed E-state index contributed by atoms with van der Waals surface area (Å²) in [4.78, 5) is 24.2. The Labute approximate surface area is 143 Å². The first-order valence-corrected chi connectivity index (χ1v) is 7.89. The molecule has 0 bridgehead atoms. The van der Waals surface area contributed by atoms with Crippen LogP contribution in [0.3, 0.4) is 0 Å². The summed E-state index contributed by atoms with van der Waals surface area (Å²) >= 11 is 0. The maximum atomic E-state index is 12.2. The SMILES string of the molecule is COCC(=O)[C@H](NC(=O)OC(C)(C)C)[C@H](C)OCc1ccccc1. The lowest BCUT2D eigenvalue weighted by molar-refractivity contribution is -0.128. The highest BCUT2D eigenvalue weighted by Gasteiger charge is 2.29. The van der Waals surface area contributed by atoms with E-state index in [0.717, 1.165) is 5.56 Å². The van der Waals surface area contributed by atoms with Gasteiger partial charge in [0.15, 0.2) is 5.78 Å². The molecule has 0 aliphatic rings. The van der Waals surface area contributed by atoms with Crippen molar-refractivity contribution in [1.29, 1.82) is 0 Å². The lowest BCUT2D eigenvalue weighted by atomic mass is 10.1. The van der Waals surface area contributed by atoms with Gasteiger partial charge in [-0.1, -0.05) is 30.3 Å². The molecule has 0 saturated carbocycles. The van der Waals surface area contributed by atoms with Gasteiger partial charge in [0.1, 0.15) is 18.2 Å². The molecule has 1 aromatic rings. The molecule has 0 fully saturated rings. The van der Waals surface area contributed by atoms with Crippen LogP contribution in [0.1, 0.15) is 33.3 Å². The van der Waals surface area contributed by atoms with Crippen LogP contribution in [0.2, 0.25) is 0 Å². The predicted octanol–water partition coefficient (Wildman–Crippen LogP) is 2.70. The van der Waals surface area contributed by atoms with Crippen LogP contribution in [0.25, 0.3) is 0 Å². The molecule has 0 radical (unpaired) electrons. The van der Waals surface area contributed by atoms with E-state index in [9.17, 15) is 9.59 Å². The molecule has 1 aromatic carbocycles. The number of amides is 1. The van der Waals surface area contributed by atoms with Gasteiger partial charge in [-0.2, -0.15) is 0 Å². The average Bonchev–Trinajstić information content (AvgIpc) is 2.50. The maximum Gasteiger partial charge on any atom is 0.408 e. The van der Waals surface area contributed by atoms with E-state index in [2.05, 4.69) is 5.32 Å². The molecule has 0 spiro atoms. The monoisotopic (exact) mass is 337 g/mol. The quantitative estimate of drug-likeness (QED) is 0.789. The number of nitrogens with one attached hydrogen (secondary N) is 1. The molecule has 0 heterocycles. The highest BCUT2D eigenvalue weighted by atomic mass is 16.6. The highest BCUT2D eigenvalue weighted by molar-refractivity contribution is 5.89. The molecule has 6 nitrogen and oxygen atoms in total. The molecule has 0 unspecified atom stereocenters. The minimum atomic E-state index is -0.844. The Hall–Kier alpha value is -1.92. The van der Waals surface area contributed by atoms with Crippen molar-refractivity contribution in [2.75, 3.05) is 13.7 Å². The summed E-state index contributed by atoms with van der Waals surface area (Å²) in [7, 11) is 1.43. The van der Waals surface area contributed by atoms with Crippen LogP contribution in [0.15, 0.2) is 30.3 Å². The molecule has 0 aromatic heterocycles. The van der Waals surface area contributed by atoms with Gasteiger partial charge in [-0.15, -0.1) is 0 Å². The number of hydrogen-bond acceptors (Lipinski definition) is 5. The lowest BCUT2D eigenvalue weighted by Crippen LogP contribution is -2.51. The Morgan fingerprint density at radius 1 is 1.17 bits per heavy atom. The fraction of sp³-hybridized carbons (Fsp3) is 0.556. The molecule has 1 rings (SSSR count). The topological polar surface area (TPSA) is 73.9 Å². The number of carbonyl (C=O) groups excluding carboxylic acids is 2. The third-order valence-corrected chi connectivity index (χ3v) is 3.13. The number of benzene rings is 1. The summed E-state index contributed by atoms with van der Waals surface area (Å²) in [6, 6.07) is 8.76. The van der Waals surface area contributed by atoms with Crippen LogP contribution in [0.4, 0.5) is 4.79 Å². The van der Waals surface area contributed by atoms with Gasteiger partial charge in [-0.25, -0.2) is 4.79 Å². The van der Waals surface area contributed by atoms with Crippen molar-refractivity contribution >= 4 is 11.9 Å². The third-order valence-electron chi connectivity index (χ3n) is 3.13. The summed E-state index contributed by atoms with van der Waals surface area (Å²) in [6.45, 7) is 7.24. The summed E-state index contributed by atoms with van der Waals surface area (Å²) in [6.07, 6.45) is -1.19. The Morgan fingerprint density at radius 2 is 1.79 bits per heavy atom. The van der Waals surface area contributed by atoms with E-state index in [1.54, 1.807) is 27.7 Å². The van der Waals surface area contributed by atoms with Crippen molar-refractivity contribution in [2.45, 2.75) is 52.0 Å². The maximum absolute atomic E-state index is 12.2. The van der Waals surface area contributed by atoms with Crippen molar-refractivity contribution in [2.24, 2.45) is 0 Å². The first-order valence-electron chi connectivity index (χ1n) is 7.89. The first-order chi connectivity index (χ1) is 11.2. The number of rotatable bonds is 8. The van der Waals surface area contributed by atoms with E-state index in [0.29, 0.717) is 6.61 Å². The van der Waals surface area contributed by atoms with Crippen LogP contribution in [0.5, 0.6) is 0 Å². The van der Waals surface area contributed by atoms with Crippen LogP contribution in [0, 0.1) is 0 Å². The second kappa shape index (κ2) is 9.39. The number of ether oxygens (including phenoxy) is 3. The summed E-state index contributed by atoms with van der Waals surface area (Å²) < 4.78 is 15.8. The van der Waals surface area contributed by atoms with Crippen molar-refractivity contribution in [3.05, 3.63) is 35.9 Å². The van der Waals surface area contributed by atoms with Gasteiger partial charge in [-0.3, -0.25) is 4.79 Å².